The van der Waals surface area contributed by atoms with Crippen LogP contribution in [0.5, 0.6) is 11.5 Å². The highest BCUT2D eigenvalue weighted by Gasteiger charge is 2.47. The molecule has 0 heterocycles. The zero-order chi connectivity index (χ0) is 14.9. The van der Waals surface area contributed by atoms with Crippen molar-refractivity contribution in [2.75, 3.05) is 19.5 Å². The monoisotopic (exact) mass is 309 g/mol. The molecule has 1 N–H and O–H groups in total. The first-order chi connectivity index (χ1) is 10.2. The molecule has 116 valence electrons. The summed E-state index contributed by atoms with van der Waals surface area (Å²) in [7, 11) is 3.32. The maximum Gasteiger partial charge on any atom is 0.143 e. The first-order valence-electron chi connectivity index (χ1n) is 7.86. The lowest BCUT2D eigenvalue weighted by molar-refractivity contribution is 0.0570. The van der Waals surface area contributed by atoms with Crippen molar-refractivity contribution in [3.05, 3.63) is 17.2 Å². The topological polar surface area (TPSA) is 30.5 Å². The summed E-state index contributed by atoms with van der Waals surface area (Å²) in [5.74, 6) is 1.48. The van der Waals surface area contributed by atoms with E-state index in [0.29, 0.717) is 22.2 Å². The molecule has 0 radical (unpaired) electrons. The number of hydrogen-bond donors (Lipinski definition) is 1. The molecule has 4 heteroatoms. The fraction of sp³-hybridized carbons (Fsp3) is 0.647. The average Bonchev–Trinajstić information content (AvgIpc) is 2.52. The summed E-state index contributed by atoms with van der Waals surface area (Å²) in [6.07, 6.45) is 9.46. The molecule has 1 spiro atoms. The molecule has 3 rings (SSSR count). The van der Waals surface area contributed by atoms with E-state index in [0.717, 1.165) is 11.4 Å². The second kappa shape index (κ2) is 5.96. The Morgan fingerprint density at radius 2 is 1.76 bits per heavy atom. The third-order valence-corrected chi connectivity index (χ3v) is 5.62. The molecule has 0 aliphatic heterocycles. The van der Waals surface area contributed by atoms with E-state index in [1.807, 2.05) is 12.1 Å². The molecule has 2 aliphatic rings. The third kappa shape index (κ3) is 2.68. The number of ether oxygens (including phenoxy) is 2. The minimum Gasteiger partial charge on any atom is -0.495 e. The Labute approximate surface area is 132 Å². The van der Waals surface area contributed by atoms with Crippen LogP contribution in [0, 0.1) is 5.41 Å². The van der Waals surface area contributed by atoms with Gasteiger partial charge in [0.1, 0.15) is 11.5 Å². The normalized spacial score (nSPS) is 23.5. The average molecular weight is 310 g/mol. The molecule has 21 heavy (non-hydrogen) atoms. The summed E-state index contributed by atoms with van der Waals surface area (Å²) < 4.78 is 10.8. The predicted molar refractivity (Wildman–Crippen MR) is 86.7 cm³/mol. The van der Waals surface area contributed by atoms with Gasteiger partial charge in [-0.05, 0) is 31.1 Å². The van der Waals surface area contributed by atoms with Gasteiger partial charge in [0, 0.05) is 18.2 Å². The van der Waals surface area contributed by atoms with E-state index in [9.17, 15) is 0 Å². The van der Waals surface area contributed by atoms with E-state index in [2.05, 4.69) is 5.32 Å². The van der Waals surface area contributed by atoms with Gasteiger partial charge in [-0.2, -0.15) is 0 Å². The Morgan fingerprint density at radius 1 is 1.05 bits per heavy atom. The number of anilines is 1. The van der Waals surface area contributed by atoms with E-state index in [4.69, 9.17) is 21.1 Å². The van der Waals surface area contributed by atoms with Gasteiger partial charge >= 0.3 is 0 Å². The van der Waals surface area contributed by atoms with Crippen LogP contribution in [0.4, 0.5) is 5.69 Å². The van der Waals surface area contributed by atoms with Gasteiger partial charge in [0.25, 0.3) is 0 Å². The lowest BCUT2D eigenvalue weighted by Crippen LogP contribution is -2.50. The minimum absolute atomic E-state index is 0.510. The van der Waals surface area contributed by atoms with Crippen LogP contribution in [0.25, 0.3) is 0 Å². The molecule has 1 aromatic carbocycles. The zero-order valence-corrected chi connectivity index (χ0v) is 13.6. The van der Waals surface area contributed by atoms with Crippen molar-refractivity contribution in [1.82, 2.24) is 0 Å². The van der Waals surface area contributed by atoms with Crippen LogP contribution in [-0.4, -0.2) is 20.3 Å². The van der Waals surface area contributed by atoms with E-state index in [1.54, 1.807) is 14.2 Å². The van der Waals surface area contributed by atoms with E-state index < -0.39 is 0 Å². The molecule has 0 aromatic heterocycles. The molecule has 1 unspecified atom stereocenters. The van der Waals surface area contributed by atoms with Gasteiger partial charge in [-0.25, -0.2) is 0 Å². The minimum atomic E-state index is 0.510. The molecule has 2 saturated carbocycles. The van der Waals surface area contributed by atoms with Crippen LogP contribution in [0.15, 0.2) is 12.1 Å². The number of hydrogen-bond acceptors (Lipinski definition) is 3. The van der Waals surface area contributed by atoms with E-state index in [-0.39, 0.29) is 0 Å². The number of nitrogens with one attached hydrogen (secondary N) is 1. The molecule has 0 saturated heterocycles. The Hall–Kier alpha value is -1.09. The largest absolute Gasteiger partial charge is 0.495 e. The fourth-order valence-corrected chi connectivity index (χ4v) is 4.17. The molecule has 2 aliphatic carbocycles. The van der Waals surface area contributed by atoms with Gasteiger partial charge in [-0.15, -0.1) is 0 Å². The Balaban J connectivity index is 1.81. The molecule has 1 aromatic rings. The first kappa shape index (κ1) is 14.8. The number of rotatable bonds is 4. The fourth-order valence-electron chi connectivity index (χ4n) is 3.94. The summed E-state index contributed by atoms with van der Waals surface area (Å²) >= 11 is 6.17. The quantitative estimate of drug-likeness (QED) is 0.859. The number of methoxy groups -OCH3 is 2. The molecular formula is C17H24ClNO2. The molecule has 1 atom stereocenters. The van der Waals surface area contributed by atoms with Crippen LogP contribution in [0.2, 0.25) is 5.02 Å². The first-order valence-corrected chi connectivity index (χ1v) is 8.24. The smallest absolute Gasteiger partial charge is 0.143 e. The van der Waals surface area contributed by atoms with Crippen molar-refractivity contribution in [2.45, 2.75) is 51.0 Å². The van der Waals surface area contributed by atoms with Gasteiger partial charge in [0.05, 0.1) is 24.9 Å². The van der Waals surface area contributed by atoms with Crippen LogP contribution in [0.3, 0.4) is 0 Å². The predicted octanol–water partition coefficient (Wildman–Crippen LogP) is 4.88. The molecule has 3 nitrogen and oxygen atoms in total. The molecule has 0 bridgehead atoms. The maximum atomic E-state index is 6.17. The standard InChI is InChI=1S/C17H24ClNO2/c1-20-14-11-13(15(21-2)10-12(14)18)19-16-6-9-17(16)7-4-3-5-8-17/h10-11,16,19H,3-9H2,1-2H3. The summed E-state index contributed by atoms with van der Waals surface area (Å²) in [4.78, 5) is 0. The molecule has 2 fully saturated rings. The Kier molecular flexibility index (Phi) is 4.21. The van der Waals surface area contributed by atoms with Crippen molar-refractivity contribution in [3.63, 3.8) is 0 Å². The van der Waals surface area contributed by atoms with Gasteiger partial charge in [0.2, 0.25) is 0 Å². The molecular weight excluding hydrogens is 286 g/mol. The lowest BCUT2D eigenvalue weighted by Gasteiger charge is -2.52. The lowest BCUT2D eigenvalue weighted by atomic mass is 9.57. The van der Waals surface area contributed by atoms with Gasteiger partial charge in [-0.1, -0.05) is 30.9 Å². The second-order valence-corrected chi connectivity index (χ2v) is 6.75. The van der Waals surface area contributed by atoms with Crippen molar-refractivity contribution >= 4 is 17.3 Å². The summed E-state index contributed by atoms with van der Waals surface area (Å²) in [5.41, 5.74) is 1.50. The van der Waals surface area contributed by atoms with Crippen molar-refractivity contribution in [1.29, 1.82) is 0 Å². The van der Waals surface area contributed by atoms with E-state index in [1.165, 1.54) is 44.9 Å². The van der Waals surface area contributed by atoms with Crippen molar-refractivity contribution < 1.29 is 9.47 Å². The van der Waals surface area contributed by atoms with Gasteiger partial charge in [0.15, 0.2) is 0 Å². The van der Waals surface area contributed by atoms with Crippen molar-refractivity contribution in [3.8, 4) is 11.5 Å². The second-order valence-electron chi connectivity index (χ2n) is 6.35. The van der Waals surface area contributed by atoms with Gasteiger partial charge < -0.3 is 14.8 Å². The third-order valence-electron chi connectivity index (χ3n) is 5.32. The number of halogens is 1. The Bertz CT molecular complexity index is 512. The summed E-state index contributed by atoms with van der Waals surface area (Å²) in [6.45, 7) is 0. The van der Waals surface area contributed by atoms with Crippen LogP contribution in [0.1, 0.15) is 44.9 Å². The van der Waals surface area contributed by atoms with Crippen molar-refractivity contribution in [2.24, 2.45) is 5.41 Å². The van der Waals surface area contributed by atoms with Crippen LogP contribution < -0.4 is 14.8 Å². The van der Waals surface area contributed by atoms with E-state index >= 15 is 0 Å². The highest BCUT2D eigenvalue weighted by Crippen LogP contribution is 2.53. The maximum absolute atomic E-state index is 6.17. The van der Waals surface area contributed by atoms with Gasteiger partial charge in [-0.3, -0.25) is 0 Å². The summed E-state index contributed by atoms with van der Waals surface area (Å²) in [6, 6.07) is 4.34. The highest BCUT2D eigenvalue weighted by atomic mass is 35.5. The van der Waals surface area contributed by atoms with Crippen LogP contribution >= 0.6 is 11.6 Å². The summed E-state index contributed by atoms with van der Waals surface area (Å²) in [5, 5.41) is 4.28. The molecule has 0 amide bonds. The SMILES string of the molecule is COc1cc(NC2CCC23CCCCC3)c(OC)cc1Cl. The highest BCUT2D eigenvalue weighted by molar-refractivity contribution is 6.32. The van der Waals surface area contributed by atoms with Crippen LogP contribution in [-0.2, 0) is 0 Å². The Morgan fingerprint density at radius 3 is 2.33 bits per heavy atom. The zero-order valence-electron chi connectivity index (χ0n) is 12.9. The number of benzene rings is 1.